The topological polar surface area (TPSA) is 95.9 Å². The van der Waals surface area contributed by atoms with Crippen LogP contribution >= 0.6 is 23.2 Å². The highest BCUT2D eigenvalue weighted by Gasteiger charge is 2.25. The number of carbonyl (C=O) groups excluding carboxylic acids is 2. The number of ether oxygens (including phenoxy) is 1. The number of hydrogen-bond acceptors (Lipinski definition) is 4. The number of amides is 2. The Morgan fingerprint density at radius 1 is 1.25 bits per heavy atom. The molecule has 0 bridgehead atoms. The van der Waals surface area contributed by atoms with Gasteiger partial charge in [-0.25, -0.2) is 4.79 Å². The van der Waals surface area contributed by atoms with Gasteiger partial charge in [0, 0.05) is 30.1 Å². The van der Waals surface area contributed by atoms with Gasteiger partial charge in [-0.1, -0.05) is 23.2 Å². The largest absolute Gasteiger partial charge is 0.484 e. The van der Waals surface area contributed by atoms with E-state index in [1.54, 1.807) is 0 Å². The third-order valence-electron chi connectivity index (χ3n) is 3.07. The fraction of sp³-hybridized carbons (Fsp3) is 0.400. The van der Waals surface area contributed by atoms with Crippen LogP contribution in [-0.2, 0) is 14.4 Å². The number of aliphatic carboxylic acids is 1. The van der Waals surface area contributed by atoms with Crippen molar-refractivity contribution in [3.63, 3.8) is 0 Å². The fourth-order valence-corrected chi connectivity index (χ4v) is 2.37. The Morgan fingerprint density at radius 2 is 1.83 bits per heavy atom. The Kier molecular flexibility index (Phi) is 7.81. The van der Waals surface area contributed by atoms with Crippen molar-refractivity contribution in [2.45, 2.75) is 19.9 Å². The first-order chi connectivity index (χ1) is 11.2. The quantitative estimate of drug-likeness (QED) is 0.721. The SMILES string of the molecule is CC(=O)NCCN(C(=O)COc1cc(Cl)cc(Cl)c1)C(C)C(=O)O. The lowest BCUT2D eigenvalue weighted by atomic mass is 10.2. The minimum absolute atomic E-state index is 0.0472. The molecule has 2 amide bonds. The Bertz CT molecular complexity index is 604. The summed E-state index contributed by atoms with van der Waals surface area (Å²) < 4.78 is 5.33. The molecule has 0 radical (unpaired) electrons. The van der Waals surface area contributed by atoms with Gasteiger partial charge in [0.25, 0.3) is 5.91 Å². The van der Waals surface area contributed by atoms with Crippen LogP contribution in [0.3, 0.4) is 0 Å². The first-order valence-electron chi connectivity index (χ1n) is 7.06. The van der Waals surface area contributed by atoms with Crippen molar-refractivity contribution >= 4 is 41.0 Å². The van der Waals surface area contributed by atoms with E-state index in [9.17, 15) is 14.4 Å². The molecule has 0 aliphatic heterocycles. The van der Waals surface area contributed by atoms with Crippen LogP contribution in [0.25, 0.3) is 0 Å². The molecule has 0 saturated heterocycles. The average Bonchev–Trinajstić information content (AvgIpc) is 2.47. The molecule has 0 spiro atoms. The molecular formula is C15H18Cl2N2O5. The molecule has 1 atom stereocenters. The monoisotopic (exact) mass is 376 g/mol. The highest BCUT2D eigenvalue weighted by atomic mass is 35.5. The molecule has 1 unspecified atom stereocenters. The summed E-state index contributed by atoms with van der Waals surface area (Å²) in [4.78, 5) is 35.4. The number of carbonyl (C=O) groups is 3. The summed E-state index contributed by atoms with van der Waals surface area (Å²) in [6.45, 7) is 2.52. The van der Waals surface area contributed by atoms with Gasteiger partial charge in [-0.2, -0.15) is 0 Å². The molecule has 9 heteroatoms. The summed E-state index contributed by atoms with van der Waals surface area (Å²) >= 11 is 11.7. The van der Waals surface area contributed by atoms with Crippen LogP contribution in [0, 0.1) is 0 Å². The molecule has 0 aliphatic rings. The maximum absolute atomic E-state index is 12.3. The third kappa shape index (κ3) is 6.64. The summed E-state index contributed by atoms with van der Waals surface area (Å²) in [6.07, 6.45) is 0. The zero-order valence-corrected chi connectivity index (χ0v) is 14.7. The van der Waals surface area contributed by atoms with E-state index >= 15 is 0 Å². The molecule has 132 valence electrons. The summed E-state index contributed by atoms with van der Waals surface area (Å²) in [5.41, 5.74) is 0. The number of carboxylic acids is 1. The van der Waals surface area contributed by atoms with Gasteiger partial charge in [0.05, 0.1) is 0 Å². The number of nitrogens with zero attached hydrogens (tertiary/aromatic N) is 1. The van der Waals surface area contributed by atoms with Crippen LogP contribution in [0.15, 0.2) is 18.2 Å². The predicted octanol–water partition coefficient (Wildman–Crippen LogP) is 1.81. The van der Waals surface area contributed by atoms with Crippen molar-refractivity contribution in [1.29, 1.82) is 0 Å². The molecule has 1 rings (SSSR count). The number of benzene rings is 1. The molecule has 0 saturated carbocycles. The second-order valence-corrected chi connectivity index (χ2v) is 5.85. The minimum Gasteiger partial charge on any atom is -0.484 e. The zero-order valence-electron chi connectivity index (χ0n) is 13.2. The van der Waals surface area contributed by atoms with Gasteiger partial charge < -0.3 is 20.1 Å². The van der Waals surface area contributed by atoms with Crippen molar-refractivity contribution in [3.8, 4) is 5.75 Å². The van der Waals surface area contributed by atoms with E-state index in [1.807, 2.05) is 0 Å². The molecule has 0 aromatic heterocycles. The Labute approximate surface area is 149 Å². The number of rotatable bonds is 8. The molecule has 1 aromatic rings. The van der Waals surface area contributed by atoms with Crippen LogP contribution in [-0.4, -0.2) is 53.5 Å². The number of nitrogens with one attached hydrogen (secondary N) is 1. The third-order valence-corrected chi connectivity index (χ3v) is 3.51. The normalized spacial score (nSPS) is 11.5. The van der Waals surface area contributed by atoms with Gasteiger partial charge in [0.15, 0.2) is 6.61 Å². The van der Waals surface area contributed by atoms with Crippen molar-refractivity contribution in [2.75, 3.05) is 19.7 Å². The standard InChI is InChI=1S/C15H18Cl2N2O5/c1-9(15(22)23)19(4-3-18-10(2)20)14(21)8-24-13-6-11(16)5-12(17)7-13/h5-7,9H,3-4,8H2,1-2H3,(H,18,20)(H,22,23). The van der Waals surface area contributed by atoms with E-state index in [0.29, 0.717) is 15.8 Å². The Morgan fingerprint density at radius 3 is 2.33 bits per heavy atom. The fourth-order valence-electron chi connectivity index (χ4n) is 1.86. The number of hydrogen-bond donors (Lipinski definition) is 2. The van der Waals surface area contributed by atoms with Crippen molar-refractivity contribution in [3.05, 3.63) is 28.2 Å². The summed E-state index contributed by atoms with van der Waals surface area (Å²) in [6, 6.07) is 3.44. The van der Waals surface area contributed by atoms with Crippen LogP contribution in [0.2, 0.25) is 10.0 Å². The maximum atomic E-state index is 12.3. The lowest BCUT2D eigenvalue weighted by molar-refractivity contribution is -0.150. The summed E-state index contributed by atoms with van der Waals surface area (Å²) in [5, 5.41) is 12.3. The van der Waals surface area contributed by atoms with Crippen LogP contribution in [0.5, 0.6) is 5.75 Å². The van der Waals surface area contributed by atoms with Gasteiger partial charge >= 0.3 is 5.97 Å². The van der Waals surface area contributed by atoms with E-state index in [1.165, 1.54) is 32.0 Å². The molecule has 7 nitrogen and oxygen atoms in total. The van der Waals surface area contributed by atoms with Crippen molar-refractivity contribution in [2.24, 2.45) is 0 Å². The number of carboxylic acid groups (broad SMARTS) is 1. The first-order valence-corrected chi connectivity index (χ1v) is 7.82. The molecule has 0 fully saturated rings. The summed E-state index contributed by atoms with van der Waals surface area (Å²) in [5.74, 6) is -1.66. The molecule has 0 heterocycles. The van der Waals surface area contributed by atoms with Crippen LogP contribution in [0.1, 0.15) is 13.8 Å². The molecule has 0 aliphatic carbocycles. The van der Waals surface area contributed by atoms with E-state index in [2.05, 4.69) is 5.32 Å². The number of halogens is 2. The van der Waals surface area contributed by atoms with Gasteiger partial charge in [0.1, 0.15) is 11.8 Å². The van der Waals surface area contributed by atoms with Gasteiger partial charge in [-0.3, -0.25) is 9.59 Å². The van der Waals surface area contributed by atoms with Gasteiger partial charge in [-0.15, -0.1) is 0 Å². The lowest BCUT2D eigenvalue weighted by Crippen LogP contribution is -2.48. The van der Waals surface area contributed by atoms with E-state index < -0.39 is 17.9 Å². The van der Waals surface area contributed by atoms with E-state index in [0.717, 1.165) is 4.90 Å². The Balaban J connectivity index is 2.72. The first kappa shape index (κ1) is 20.1. The van der Waals surface area contributed by atoms with Crippen LogP contribution in [0.4, 0.5) is 0 Å². The highest BCUT2D eigenvalue weighted by molar-refractivity contribution is 6.34. The minimum atomic E-state index is -1.16. The molecular weight excluding hydrogens is 359 g/mol. The molecule has 24 heavy (non-hydrogen) atoms. The Hall–Kier alpha value is -1.99. The smallest absolute Gasteiger partial charge is 0.326 e. The van der Waals surface area contributed by atoms with Crippen molar-refractivity contribution < 1.29 is 24.2 Å². The van der Waals surface area contributed by atoms with Crippen LogP contribution < -0.4 is 10.1 Å². The highest BCUT2D eigenvalue weighted by Crippen LogP contribution is 2.24. The van der Waals surface area contributed by atoms with E-state index in [-0.39, 0.29) is 25.6 Å². The molecule has 1 aromatic carbocycles. The lowest BCUT2D eigenvalue weighted by Gasteiger charge is -2.26. The second kappa shape index (κ2) is 9.34. The van der Waals surface area contributed by atoms with Gasteiger partial charge in [0.2, 0.25) is 5.91 Å². The second-order valence-electron chi connectivity index (χ2n) is 4.98. The average molecular weight is 377 g/mol. The molecule has 2 N–H and O–H groups in total. The maximum Gasteiger partial charge on any atom is 0.326 e. The summed E-state index contributed by atoms with van der Waals surface area (Å²) in [7, 11) is 0. The predicted molar refractivity (Wildman–Crippen MR) is 89.5 cm³/mol. The van der Waals surface area contributed by atoms with E-state index in [4.69, 9.17) is 33.0 Å². The van der Waals surface area contributed by atoms with Gasteiger partial charge in [-0.05, 0) is 25.1 Å². The zero-order chi connectivity index (χ0) is 18.3. The van der Waals surface area contributed by atoms with Crippen molar-refractivity contribution in [1.82, 2.24) is 10.2 Å².